The van der Waals surface area contributed by atoms with Crippen molar-refractivity contribution in [1.82, 2.24) is 10.6 Å². The zero-order valence-electron chi connectivity index (χ0n) is 12.8. The fourth-order valence-corrected chi connectivity index (χ4v) is 2.53. The number of hydrogen-bond donors (Lipinski definition) is 2. The normalized spacial score (nSPS) is 14.8. The van der Waals surface area contributed by atoms with E-state index >= 15 is 0 Å². The number of methoxy groups -OCH3 is 1. The summed E-state index contributed by atoms with van der Waals surface area (Å²) < 4.78 is 10.9. The van der Waals surface area contributed by atoms with Crippen LogP contribution in [-0.4, -0.2) is 32.3 Å². The molecule has 21 heavy (non-hydrogen) atoms. The summed E-state index contributed by atoms with van der Waals surface area (Å²) in [4.78, 5) is 11.7. The second-order valence-corrected chi connectivity index (χ2v) is 5.38. The van der Waals surface area contributed by atoms with Gasteiger partial charge in [-0.1, -0.05) is 18.9 Å². The Labute approximate surface area is 126 Å². The highest BCUT2D eigenvalue weighted by molar-refractivity contribution is 5.74. The van der Waals surface area contributed by atoms with Gasteiger partial charge in [0.2, 0.25) is 0 Å². The maximum Gasteiger partial charge on any atom is 0.315 e. The van der Waals surface area contributed by atoms with Gasteiger partial charge >= 0.3 is 6.03 Å². The summed E-state index contributed by atoms with van der Waals surface area (Å²) in [5, 5.41) is 5.79. The van der Waals surface area contributed by atoms with Gasteiger partial charge in [0, 0.05) is 6.04 Å². The molecule has 2 N–H and O–H groups in total. The Hall–Kier alpha value is -1.91. The SMILES string of the molecule is COc1cc(C)ccc1OCCNC(=O)NC1CCCC1. The van der Waals surface area contributed by atoms with Crippen LogP contribution in [0.5, 0.6) is 11.5 Å². The van der Waals surface area contributed by atoms with Gasteiger partial charge in [-0.05, 0) is 37.5 Å². The van der Waals surface area contributed by atoms with E-state index in [-0.39, 0.29) is 6.03 Å². The summed E-state index contributed by atoms with van der Waals surface area (Å²) in [7, 11) is 1.62. The Morgan fingerprint density at radius 3 is 2.76 bits per heavy atom. The first-order valence-corrected chi connectivity index (χ1v) is 7.51. The topological polar surface area (TPSA) is 59.6 Å². The number of carbonyl (C=O) groups is 1. The predicted molar refractivity (Wildman–Crippen MR) is 82.0 cm³/mol. The van der Waals surface area contributed by atoms with Crippen LogP contribution in [-0.2, 0) is 0 Å². The number of ether oxygens (including phenoxy) is 2. The Morgan fingerprint density at radius 2 is 2.05 bits per heavy atom. The first-order valence-electron chi connectivity index (χ1n) is 7.51. The van der Waals surface area contributed by atoms with Crippen molar-refractivity contribution < 1.29 is 14.3 Å². The molecule has 2 amide bonds. The Morgan fingerprint density at radius 1 is 1.29 bits per heavy atom. The number of rotatable bonds is 6. The average molecular weight is 292 g/mol. The molecule has 0 bridgehead atoms. The minimum atomic E-state index is -0.110. The number of urea groups is 1. The fraction of sp³-hybridized carbons (Fsp3) is 0.562. The van der Waals surface area contributed by atoms with Crippen LogP contribution in [0.1, 0.15) is 31.2 Å². The maximum atomic E-state index is 11.7. The molecule has 0 atom stereocenters. The van der Waals surface area contributed by atoms with Crippen LogP contribution < -0.4 is 20.1 Å². The van der Waals surface area contributed by atoms with Crippen molar-refractivity contribution >= 4 is 6.03 Å². The van der Waals surface area contributed by atoms with Crippen LogP contribution >= 0.6 is 0 Å². The van der Waals surface area contributed by atoms with Crippen molar-refractivity contribution in [1.29, 1.82) is 0 Å². The second-order valence-electron chi connectivity index (χ2n) is 5.38. The Balaban J connectivity index is 1.68. The quantitative estimate of drug-likeness (QED) is 0.792. The van der Waals surface area contributed by atoms with Crippen molar-refractivity contribution in [3.05, 3.63) is 23.8 Å². The van der Waals surface area contributed by atoms with Crippen LogP contribution in [0, 0.1) is 6.92 Å². The van der Waals surface area contributed by atoms with E-state index in [0.717, 1.165) is 18.4 Å². The molecule has 0 saturated heterocycles. The smallest absolute Gasteiger partial charge is 0.315 e. The lowest BCUT2D eigenvalue weighted by Crippen LogP contribution is -2.42. The molecule has 1 aromatic carbocycles. The fourth-order valence-electron chi connectivity index (χ4n) is 2.53. The molecule has 0 unspecified atom stereocenters. The van der Waals surface area contributed by atoms with Gasteiger partial charge < -0.3 is 20.1 Å². The van der Waals surface area contributed by atoms with Gasteiger partial charge in [-0.2, -0.15) is 0 Å². The van der Waals surface area contributed by atoms with E-state index in [1.165, 1.54) is 12.8 Å². The molecule has 0 aromatic heterocycles. The van der Waals surface area contributed by atoms with Gasteiger partial charge in [0.25, 0.3) is 0 Å². The van der Waals surface area contributed by atoms with Gasteiger partial charge in [-0.15, -0.1) is 0 Å². The first-order chi connectivity index (χ1) is 10.2. The predicted octanol–water partition coefficient (Wildman–Crippen LogP) is 2.62. The molecule has 1 fully saturated rings. The van der Waals surface area contributed by atoms with Gasteiger partial charge in [0.05, 0.1) is 13.7 Å². The minimum absolute atomic E-state index is 0.110. The molecule has 0 radical (unpaired) electrons. The largest absolute Gasteiger partial charge is 0.493 e. The number of hydrogen-bond acceptors (Lipinski definition) is 3. The summed E-state index contributed by atoms with van der Waals surface area (Å²) in [5.41, 5.74) is 1.12. The van der Waals surface area contributed by atoms with E-state index in [0.29, 0.717) is 30.7 Å². The molecule has 0 aliphatic heterocycles. The molecule has 1 aliphatic carbocycles. The standard InChI is InChI=1S/C16H24N2O3/c1-12-7-8-14(15(11-12)20-2)21-10-9-17-16(19)18-13-5-3-4-6-13/h7-8,11,13H,3-6,9-10H2,1-2H3,(H2,17,18,19). The van der Waals surface area contributed by atoms with E-state index < -0.39 is 0 Å². The number of amides is 2. The van der Waals surface area contributed by atoms with Crippen LogP contribution in [0.3, 0.4) is 0 Å². The Kier molecular flexibility index (Phi) is 5.72. The molecule has 1 aromatic rings. The number of carbonyl (C=O) groups excluding carboxylic acids is 1. The van der Waals surface area contributed by atoms with Crippen LogP contribution in [0.2, 0.25) is 0 Å². The van der Waals surface area contributed by atoms with Crippen molar-refractivity contribution in [2.24, 2.45) is 0 Å². The molecular weight excluding hydrogens is 268 g/mol. The molecule has 0 heterocycles. The lowest BCUT2D eigenvalue weighted by atomic mass is 10.2. The van der Waals surface area contributed by atoms with E-state index in [4.69, 9.17) is 9.47 Å². The van der Waals surface area contributed by atoms with Crippen molar-refractivity contribution in [3.63, 3.8) is 0 Å². The summed E-state index contributed by atoms with van der Waals surface area (Å²) in [6.07, 6.45) is 4.59. The van der Waals surface area contributed by atoms with Crippen molar-refractivity contribution in [2.45, 2.75) is 38.6 Å². The van der Waals surface area contributed by atoms with Crippen molar-refractivity contribution in [3.8, 4) is 11.5 Å². The average Bonchev–Trinajstić information content (AvgIpc) is 2.97. The second kappa shape index (κ2) is 7.76. The third-order valence-electron chi connectivity index (χ3n) is 3.65. The van der Waals surface area contributed by atoms with Gasteiger partial charge in [0.15, 0.2) is 11.5 Å². The molecular formula is C16H24N2O3. The van der Waals surface area contributed by atoms with Gasteiger partial charge in [-0.25, -0.2) is 4.79 Å². The zero-order valence-corrected chi connectivity index (χ0v) is 12.8. The van der Waals surface area contributed by atoms with Gasteiger partial charge in [-0.3, -0.25) is 0 Å². The van der Waals surface area contributed by atoms with Crippen LogP contribution in [0.25, 0.3) is 0 Å². The van der Waals surface area contributed by atoms with E-state index in [2.05, 4.69) is 10.6 Å². The lowest BCUT2D eigenvalue weighted by molar-refractivity contribution is 0.232. The molecule has 0 spiro atoms. The van der Waals surface area contributed by atoms with Crippen LogP contribution in [0.15, 0.2) is 18.2 Å². The third-order valence-corrected chi connectivity index (χ3v) is 3.65. The first kappa shape index (κ1) is 15.5. The number of nitrogens with one attached hydrogen (secondary N) is 2. The van der Waals surface area contributed by atoms with Gasteiger partial charge in [0.1, 0.15) is 6.61 Å². The monoisotopic (exact) mass is 292 g/mol. The summed E-state index contributed by atoms with van der Waals surface area (Å²) in [6.45, 7) is 2.88. The number of aryl methyl sites for hydroxylation is 1. The molecule has 5 heteroatoms. The maximum absolute atomic E-state index is 11.7. The van der Waals surface area contributed by atoms with E-state index in [9.17, 15) is 4.79 Å². The molecule has 5 nitrogen and oxygen atoms in total. The van der Waals surface area contributed by atoms with Crippen LogP contribution in [0.4, 0.5) is 4.79 Å². The third kappa shape index (κ3) is 4.85. The summed E-state index contributed by atoms with van der Waals surface area (Å²) >= 11 is 0. The zero-order chi connectivity index (χ0) is 15.1. The molecule has 116 valence electrons. The highest BCUT2D eigenvalue weighted by atomic mass is 16.5. The van der Waals surface area contributed by atoms with E-state index in [1.54, 1.807) is 7.11 Å². The molecule has 2 rings (SSSR count). The molecule has 1 aliphatic rings. The van der Waals surface area contributed by atoms with E-state index in [1.807, 2.05) is 25.1 Å². The summed E-state index contributed by atoms with van der Waals surface area (Å²) in [5.74, 6) is 1.41. The summed E-state index contributed by atoms with van der Waals surface area (Å²) in [6, 6.07) is 6.00. The molecule has 1 saturated carbocycles. The highest BCUT2D eigenvalue weighted by Crippen LogP contribution is 2.27. The van der Waals surface area contributed by atoms with Crippen molar-refractivity contribution in [2.75, 3.05) is 20.3 Å². The lowest BCUT2D eigenvalue weighted by Gasteiger charge is -2.14. The number of benzene rings is 1. The highest BCUT2D eigenvalue weighted by Gasteiger charge is 2.16. The Bertz CT molecular complexity index is 471. The minimum Gasteiger partial charge on any atom is -0.493 e.